The van der Waals surface area contributed by atoms with E-state index in [9.17, 15) is 9.18 Å². The predicted octanol–water partition coefficient (Wildman–Crippen LogP) is 2.37. The zero-order valence-corrected chi connectivity index (χ0v) is 10.8. The summed E-state index contributed by atoms with van der Waals surface area (Å²) in [6.45, 7) is 0.317. The summed E-state index contributed by atoms with van der Waals surface area (Å²) < 4.78 is 13.0. The smallest absolute Gasteiger partial charge is 0.240 e. The molecule has 5 heteroatoms. The summed E-state index contributed by atoms with van der Waals surface area (Å²) >= 11 is 5.67. The average molecular weight is 271 g/mol. The third kappa shape index (κ3) is 2.82. The minimum atomic E-state index is -0.732. The SMILES string of the molecule is NC1(C(=O)NCc2ccc(F)c(Cl)c2)CCCC1. The fourth-order valence-corrected chi connectivity index (χ4v) is 2.44. The molecule has 0 radical (unpaired) electrons. The number of rotatable bonds is 3. The minimum Gasteiger partial charge on any atom is -0.350 e. The summed E-state index contributed by atoms with van der Waals surface area (Å²) in [5, 5.41) is 2.84. The van der Waals surface area contributed by atoms with Crippen LogP contribution in [-0.4, -0.2) is 11.4 Å². The number of nitrogens with two attached hydrogens (primary N) is 1. The van der Waals surface area contributed by atoms with Gasteiger partial charge in [0, 0.05) is 6.54 Å². The highest BCUT2D eigenvalue weighted by atomic mass is 35.5. The Bertz CT molecular complexity index is 458. The first-order valence-corrected chi connectivity index (χ1v) is 6.40. The van der Waals surface area contributed by atoms with Crippen LogP contribution in [0, 0.1) is 5.82 Å². The lowest BCUT2D eigenvalue weighted by atomic mass is 9.98. The number of hydrogen-bond donors (Lipinski definition) is 2. The van der Waals surface area contributed by atoms with Crippen molar-refractivity contribution in [3.05, 3.63) is 34.6 Å². The van der Waals surface area contributed by atoms with Crippen LogP contribution in [-0.2, 0) is 11.3 Å². The van der Waals surface area contributed by atoms with Crippen LogP contribution in [0.5, 0.6) is 0 Å². The quantitative estimate of drug-likeness (QED) is 0.886. The van der Waals surface area contributed by atoms with Crippen LogP contribution >= 0.6 is 11.6 Å². The molecule has 1 aliphatic carbocycles. The van der Waals surface area contributed by atoms with Crippen molar-refractivity contribution in [2.75, 3.05) is 0 Å². The van der Waals surface area contributed by atoms with Gasteiger partial charge in [-0.05, 0) is 30.5 Å². The van der Waals surface area contributed by atoms with Gasteiger partial charge in [-0.2, -0.15) is 0 Å². The van der Waals surface area contributed by atoms with E-state index in [0.29, 0.717) is 6.54 Å². The Kier molecular flexibility index (Phi) is 3.88. The second-order valence-corrected chi connectivity index (χ2v) is 5.20. The maximum atomic E-state index is 13.0. The van der Waals surface area contributed by atoms with Gasteiger partial charge in [0.05, 0.1) is 10.6 Å². The zero-order chi connectivity index (χ0) is 13.2. The normalized spacial score (nSPS) is 17.7. The highest BCUT2D eigenvalue weighted by molar-refractivity contribution is 6.30. The Labute approximate surface area is 111 Å². The molecule has 1 aromatic rings. The van der Waals surface area contributed by atoms with Crippen LogP contribution in [0.25, 0.3) is 0 Å². The molecule has 0 heterocycles. The lowest BCUT2D eigenvalue weighted by Crippen LogP contribution is -2.51. The van der Waals surface area contributed by atoms with Crippen molar-refractivity contribution >= 4 is 17.5 Å². The maximum Gasteiger partial charge on any atom is 0.240 e. The molecule has 0 aromatic heterocycles. The third-order valence-corrected chi connectivity index (χ3v) is 3.67. The number of benzene rings is 1. The summed E-state index contributed by atoms with van der Waals surface area (Å²) in [5.41, 5.74) is 6.05. The molecule has 1 fully saturated rings. The van der Waals surface area contributed by atoms with E-state index < -0.39 is 11.4 Å². The molecular formula is C13H16ClFN2O. The number of hydrogen-bond acceptors (Lipinski definition) is 2. The van der Waals surface area contributed by atoms with Crippen molar-refractivity contribution in [1.82, 2.24) is 5.32 Å². The zero-order valence-electron chi connectivity index (χ0n) is 10.0. The van der Waals surface area contributed by atoms with Gasteiger partial charge < -0.3 is 11.1 Å². The Morgan fingerprint density at radius 2 is 2.11 bits per heavy atom. The van der Waals surface area contributed by atoms with Crippen molar-refractivity contribution in [2.24, 2.45) is 5.73 Å². The van der Waals surface area contributed by atoms with Crippen molar-refractivity contribution in [1.29, 1.82) is 0 Å². The van der Waals surface area contributed by atoms with Crippen LogP contribution < -0.4 is 11.1 Å². The summed E-state index contributed by atoms with van der Waals surface area (Å²) in [5.74, 6) is -0.599. The van der Waals surface area contributed by atoms with Crippen LogP contribution in [0.15, 0.2) is 18.2 Å². The van der Waals surface area contributed by atoms with E-state index in [-0.39, 0.29) is 10.9 Å². The van der Waals surface area contributed by atoms with E-state index in [1.54, 1.807) is 6.07 Å². The van der Waals surface area contributed by atoms with Gasteiger partial charge in [-0.25, -0.2) is 4.39 Å². The summed E-state index contributed by atoms with van der Waals surface area (Å²) in [6.07, 6.45) is 3.44. The Morgan fingerprint density at radius 3 is 2.72 bits per heavy atom. The Hall–Kier alpha value is -1.13. The van der Waals surface area contributed by atoms with E-state index in [4.69, 9.17) is 17.3 Å². The largest absolute Gasteiger partial charge is 0.350 e. The molecule has 1 amide bonds. The summed E-state index contributed by atoms with van der Waals surface area (Å²) in [7, 11) is 0. The predicted molar refractivity (Wildman–Crippen MR) is 68.6 cm³/mol. The molecular weight excluding hydrogens is 255 g/mol. The molecule has 3 nitrogen and oxygen atoms in total. The lowest BCUT2D eigenvalue weighted by molar-refractivity contribution is -0.126. The molecule has 0 bridgehead atoms. The van der Waals surface area contributed by atoms with Gasteiger partial charge in [-0.15, -0.1) is 0 Å². The van der Waals surface area contributed by atoms with Crippen molar-refractivity contribution in [2.45, 2.75) is 37.8 Å². The molecule has 0 aliphatic heterocycles. The van der Waals surface area contributed by atoms with Gasteiger partial charge in [0.25, 0.3) is 0 Å². The molecule has 3 N–H and O–H groups in total. The molecule has 0 atom stereocenters. The third-order valence-electron chi connectivity index (χ3n) is 3.39. The van der Waals surface area contributed by atoms with E-state index in [0.717, 1.165) is 31.2 Å². The number of amides is 1. The summed E-state index contributed by atoms with van der Waals surface area (Å²) in [4.78, 5) is 11.9. The standard InChI is InChI=1S/C13H16ClFN2O/c14-10-7-9(3-4-11(10)15)8-17-12(18)13(16)5-1-2-6-13/h3-4,7H,1-2,5-6,8,16H2,(H,17,18). The molecule has 0 saturated heterocycles. The first kappa shape index (κ1) is 13.3. The van der Waals surface area contributed by atoms with Gasteiger partial charge in [-0.1, -0.05) is 30.5 Å². The second kappa shape index (κ2) is 5.24. The number of carbonyl (C=O) groups excluding carboxylic acids is 1. The van der Waals surface area contributed by atoms with Crippen LogP contribution in [0.3, 0.4) is 0 Å². The highest BCUT2D eigenvalue weighted by Crippen LogP contribution is 2.27. The first-order chi connectivity index (χ1) is 8.51. The Balaban J connectivity index is 1.95. The van der Waals surface area contributed by atoms with Gasteiger partial charge in [-0.3, -0.25) is 4.79 Å². The average Bonchev–Trinajstić information content (AvgIpc) is 2.79. The van der Waals surface area contributed by atoms with Crippen LogP contribution in [0.4, 0.5) is 4.39 Å². The Morgan fingerprint density at radius 1 is 1.44 bits per heavy atom. The monoisotopic (exact) mass is 270 g/mol. The van der Waals surface area contributed by atoms with E-state index in [2.05, 4.69) is 5.32 Å². The summed E-state index contributed by atoms with van der Waals surface area (Å²) in [6, 6.07) is 4.39. The van der Waals surface area contributed by atoms with Crippen LogP contribution in [0.1, 0.15) is 31.2 Å². The fourth-order valence-electron chi connectivity index (χ4n) is 2.24. The van der Waals surface area contributed by atoms with Gasteiger partial charge >= 0.3 is 0 Å². The van der Waals surface area contributed by atoms with Gasteiger partial charge in [0.15, 0.2) is 0 Å². The van der Waals surface area contributed by atoms with E-state index in [1.807, 2.05) is 0 Å². The molecule has 18 heavy (non-hydrogen) atoms. The van der Waals surface area contributed by atoms with Crippen molar-refractivity contribution in [3.63, 3.8) is 0 Å². The fraction of sp³-hybridized carbons (Fsp3) is 0.462. The maximum absolute atomic E-state index is 13.0. The number of halogens is 2. The molecule has 98 valence electrons. The second-order valence-electron chi connectivity index (χ2n) is 4.79. The van der Waals surface area contributed by atoms with Crippen LogP contribution in [0.2, 0.25) is 5.02 Å². The lowest BCUT2D eigenvalue weighted by Gasteiger charge is -2.22. The van der Waals surface area contributed by atoms with Gasteiger partial charge in [0.1, 0.15) is 5.82 Å². The van der Waals surface area contributed by atoms with E-state index in [1.165, 1.54) is 12.1 Å². The molecule has 0 spiro atoms. The number of nitrogens with one attached hydrogen (secondary N) is 1. The molecule has 1 aliphatic rings. The molecule has 1 saturated carbocycles. The van der Waals surface area contributed by atoms with Crippen molar-refractivity contribution in [3.8, 4) is 0 Å². The minimum absolute atomic E-state index is 0.0603. The topological polar surface area (TPSA) is 55.1 Å². The highest BCUT2D eigenvalue weighted by Gasteiger charge is 2.36. The number of carbonyl (C=O) groups is 1. The van der Waals surface area contributed by atoms with Gasteiger partial charge in [0.2, 0.25) is 5.91 Å². The van der Waals surface area contributed by atoms with Crippen molar-refractivity contribution < 1.29 is 9.18 Å². The first-order valence-electron chi connectivity index (χ1n) is 6.02. The molecule has 1 aromatic carbocycles. The molecule has 2 rings (SSSR count). The van der Waals surface area contributed by atoms with E-state index >= 15 is 0 Å². The molecule has 0 unspecified atom stereocenters.